The van der Waals surface area contributed by atoms with Crippen molar-refractivity contribution in [2.24, 2.45) is 5.92 Å². The smallest absolute Gasteiger partial charge is 0.289 e. The Labute approximate surface area is 99.3 Å². The molecule has 1 aliphatic heterocycles. The van der Waals surface area contributed by atoms with Crippen LogP contribution in [0.5, 0.6) is 0 Å². The van der Waals surface area contributed by atoms with Crippen LogP contribution >= 0.6 is 0 Å². The fourth-order valence-corrected chi connectivity index (χ4v) is 3.69. The lowest BCUT2D eigenvalue weighted by Crippen LogP contribution is -2.29. The van der Waals surface area contributed by atoms with E-state index >= 15 is 0 Å². The van der Waals surface area contributed by atoms with Crippen molar-refractivity contribution in [2.75, 3.05) is 18.1 Å². The van der Waals surface area contributed by atoms with Gasteiger partial charge in [-0.25, -0.2) is 8.42 Å². The standard InChI is InChI=1S/C10H14N2O4S/c1-7-4-9(16-12-7)10(13)11-5-8-2-3-17(14,15)6-8/h4,8H,2-3,5-6H2,1H3,(H,11,13)/t8-/m1/s1. The molecular formula is C10H14N2O4S. The molecule has 0 radical (unpaired) electrons. The molecule has 0 unspecified atom stereocenters. The van der Waals surface area contributed by atoms with Gasteiger partial charge in [0.1, 0.15) is 0 Å². The number of hydrogen-bond donors (Lipinski definition) is 1. The molecule has 1 aromatic rings. The molecule has 2 rings (SSSR count). The molecule has 0 bridgehead atoms. The highest BCUT2D eigenvalue weighted by Gasteiger charge is 2.28. The van der Waals surface area contributed by atoms with E-state index in [4.69, 9.17) is 4.52 Å². The molecule has 2 heterocycles. The second-order valence-corrected chi connectivity index (χ2v) is 6.54. The van der Waals surface area contributed by atoms with Gasteiger partial charge in [-0.3, -0.25) is 4.79 Å². The molecule has 1 fully saturated rings. The van der Waals surface area contributed by atoms with E-state index in [2.05, 4.69) is 10.5 Å². The number of carbonyl (C=O) groups excluding carboxylic acids is 1. The van der Waals surface area contributed by atoms with Crippen molar-refractivity contribution >= 4 is 15.7 Å². The summed E-state index contributed by atoms with van der Waals surface area (Å²) in [5.41, 5.74) is 0.638. The molecule has 1 atom stereocenters. The normalized spacial score (nSPS) is 22.5. The molecule has 0 aromatic carbocycles. The minimum atomic E-state index is -2.89. The van der Waals surface area contributed by atoms with E-state index in [0.29, 0.717) is 18.7 Å². The Balaban J connectivity index is 1.85. The zero-order valence-electron chi connectivity index (χ0n) is 9.47. The van der Waals surface area contributed by atoms with Gasteiger partial charge in [-0.05, 0) is 19.3 Å². The first kappa shape index (κ1) is 12.1. The Morgan fingerprint density at radius 2 is 2.41 bits per heavy atom. The number of hydrogen-bond acceptors (Lipinski definition) is 5. The maximum absolute atomic E-state index is 11.6. The van der Waals surface area contributed by atoms with Gasteiger partial charge in [0.15, 0.2) is 9.84 Å². The van der Waals surface area contributed by atoms with Gasteiger partial charge in [0.05, 0.1) is 17.2 Å². The van der Waals surface area contributed by atoms with Gasteiger partial charge in [0, 0.05) is 12.6 Å². The van der Waals surface area contributed by atoms with Crippen LogP contribution in [0.25, 0.3) is 0 Å². The van der Waals surface area contributed by atoms with Crippen LogP contribution in [0.2, 0.25) is 0 Å². The maximum Gasteiger partial charge on any atom is 0.289 e. The first-order chi connectivity index (χ1) is 7.96. The fraction of sp³-hybridized carbons (Fsp3) is 0.600. The Hall–Kier alpha value is -1.37. The van der Waals surface area contributed by atoms with Crippen LogP contribution < -0.4 is 5.32 Å². The van der Waals surface area contributed by atoms with Crippen LogP contribution in [0.3, 0.4) is 0 Å². The predicted octanol–water partition coefficient (Wildman–Crippen LogP) is 0.148. The number of amides is 1. The molecule has 0 spiro atoms. The molecule has 7 heteroatoms. The Morgan fingerprint density at radius 1 is 1.65 bits per heavy atom. The van der Waals surface area contributed by atoms with Gasteiger partial charge in [0.2, 0.25) is 5.76 Å². The fourth-order valence-electron chi connectivity index (χ4n) is 1.83. The third kappa shape index (κ3) is 3.06. The minimum Gasteiger partial charge on any atom is -0.351 e. The molecule has 6 nitrogen and oxygen atoms in total. The molecular weight excluding hydrogens is 244 g/mol. The second kappa shape index (κ2) is 4.48. The molecule has 94 valence electrons. The number of aryl methyl sites for hydroxylation is 1. The summed E-state index contributed by atoms with van der Waals surface area (Å²) >= 11 is 0. The van der Waals surface area contributed by atoms with Crippen molar-refractivity contribution in [1.29, 1.82) is 0 Å². The van der Waals surface area contributed by atoms with Crippen molar-refractivity contribution < 1.29 is 17.7 Å². The van der Waals surface area contributed by atoms with Crippen LogP contribution in [-0.4, -0.2) is 37.5 Å². The van der Waals surface area contributed by atoms with Gasteiger partial charge in [-0.15, -0.1) is 0 Å². The van der Waals surface area contributed by atoms with Crippen LogP contribution in [-0.2, 0) is 9.84 Å². The van der Waals surface area contributed by atoms with E-state index in [1.54, 1.807) is 13.0 Å². The monoisotopic (exact) mass is 258 g/mol. The quantitative estimate of drug-likeness (QED) is 0.833. The SMILES string of the molecule is Cc1cc(C(=O)NC[C@H]2CCS(=O)(=O)C2)on1. The van der Waals surface area contributed by atoms with E-state index in [1.807, 2.05) is 0 Å². The van der Waals surface area contributed by atoms with E-state index in [-0.39, 0.29) is 29.1 Å². The number of nitrogens with zero attached hydrogens (tertiary/aromatic N) is 1. The lowest BCUT2D eigenvalue weighted by molar-refractivity contribution is 0.0911. The molecule has 1 amide bonds. The Kier molecular flexibility index (Phi) is 3.19. The summed E-state index contributed by atoms with van der Waals surface area (Å²) in [6.07, 6.45) is 0.609. The van der Waals surface area contributed by atoms with Crippen molar-refractivity contribution in [3.05, 3.63) is 17.5 Å². The highest BCUT2D eigenvalue weighted by molar-refractivity contribution is 7.91. The summed E-state index contributed by atoms with van der Waals surface area (Å²) < 4.78 is 27.2. The second-order valence-electron chi connectivity index (χ2n) is 4.31. The zero-order chi connectivity index (χ0) is 12.5. The molecule has 17 heavy (non-hydrogen) atoms. The zero-order valence-corrected chi connectivity index (χ0v) is 10.3. The topological polar surface area (TPSA) is 89.3 Å². The highest BCUT2D eigenvalue weighted by atomic mass is 32.2. The molecule has 0 saturated carbocycles. The Morgan fingerprint density at radius 3 is 2.94 bits per heavy atom. The molecule has 1 N–H and O–H groups in total. The first-order valence-corrected chi connectivity index (χ1v) is 7.20. The third-order valence-electron chi connectivity index (χ3n) is 2.73. The number of sulfone groups is 1. The summed E-state index contributed by atoms with van der Waals surface area (Å²) in [7, 11) is -2.89. The largest absolute Gasteiger partial charge is 0.351 e. The van der Waals surface area contributed by atoms with E-state index in [1.165, 1.54) is 0 Å². The minimum absolute atomic E-state index is 0.00738. The Bertz CT molecular complexity index is 520. The van der Waals surface area contributed by atoms with Crippen LogP contribution in [0.15, 0.2) is 10.6 Å². The summed E-state index contributed by atoms with van der Waals surface area (Å²) in [4.78, 5) is 11.6. The first-order valence-electron chi connectivity index (χ1n) is 5.38. The van der Waals surface area contributed by atoms with E-state index in [0.717, 1.165) is 0 Å². The van der Waals surface area contributed by atoms with E-state index < -0.39 is 9.84 Å². The van der Waals surface area contributed by atoms with Crippen molar-refractivity contribution in [3.8, 4) is 0 Å². The number of nitrogens with one attached hydrogen (secondary N) is 1. The molecule has 1 aliphatic rings. The number of carbonyl (C=O) groups is 1. The van der Waals surface area contributed by atoms with E-state index in [9.17, 15) is 13.2 Å². The van der Waals surface area contributed by atoms with Gasteiger partial charge in [0.25, 0.3) is 5.91 Å². The van der Waals surface area contributed by atoms with Gasteiger partial charge < -0.3 is 9.84 Å². The van der Waals surface area contributed by atoms with Crippen LogP contribution in [0, 0.1) is 12.8 Å². The van der Waals surface area contributed by atoms with Crippen LogP contribution in [0.1, 0.15) is 22.7 Å². The lowest BCUT2D eigenvalue weighted by Gasteiger charge is -2.07. The highest BCUT2D eigenvalue weighted by Crippen LogP contribution is 2.17. The average Bonchev–Trinajstić information content (AvgIpc) is 2.81. The third-order valence-corrected chi connectivity index (χ3v) is 4.57. The molecule has 1 saturated heterocycles. The maximum atomic E-state index is 11.6. The summed E-state index contributed by atoms with van der Waals surface area (Å²) in [6.45, 7) is 2.08. The number of rotatable bonds is 3. The number of aromatic nitrogens is 1. The lowest BCUT2D eigenvalue weighted by atomic mass is 10.1. The van der Waals surface area contributed by atoms with Gasteiger partial charge in [-0.2, -0.15) is 0 Å². The van der Waals surface area contributed by atoms with Crippen molar-refractivity contribution in [3.63, 3.8) is 0 Å². The van der Waals surface area contributed by atoms with Crippen molar-refractivity contribution in [2.45, 2.75) is 13.3 Å². The average molecular weight is 258 g/mol. The van der Waals surface area contributed by atoms with Crippen molar-refractivity contribution in [1.82, 2.24) is 10.5 Å². The van der Waals surface area contributed by atoms with Crippen LogP contribution in [0.4, 0.5) is 0 Å². The van der Waals surface area contributed by atoms with Gasteiger partial charge in [-0.1, -0.05) is 5.16 Å². The summed E-state index contributed by atoms with van der Waals surface area (Å²) in [5.74, 6) is 0.184. The summed E-state index contributed by atoms with van der Waals surface area (Å²) in [5, 5.41) is 6.26. The predicted molar refractivity (Wildman–Crippen MR) is 60.3 cm³/mol. The molecule has 0 aliphatic carbocycles. The summed E-state index contributed by atoms with van der Waals surface area (Å²) in [6, 6.07) is 1.54. The van der Waals surface area contributed by atoms with Gasteiger partial charge >= 0.3 is 0 Å². The molecule has 1 aromatic heterocycles.